The Morgan fingerprint density at radius 1 is 1.33 bits per heavy atom. The molecule has 4 heteroatoms. The number of nitrogens with one attached hydrogen (secondary N) is 1. The molecule has 0 bridgehead atoms. The van der Waals surface area contributed by atoms with E-state index in [0.717, 1.165) is 31.6 Å². The van der Waals surface area contributed by atoms with Crippen LogP contribution in [0.5, 0.6) is 0 Å². The van der Waals surface area contributed by atoms with E-state index in [1.165, 1.54) is 12.8 Å². The van der Waals surface area contributed by atoms with Crippen molar-refractivity contribution in [2.45, 2.75) is 64.5 Å². The molecule has 1 saturated carbocycles. The van der Waals surface area contributed by atoms with Gasteiger partial charge in [0, 0.05) is 26.6 Å². The second-order valence-electron chi connectivity index (χ2n) is 7.22. The SMILES string of the molecule is CCCNC(c1nccn1C)C1(OC)CCC(C)(C)CC1. The molecule has 0 aromatic carbocycles. The molecule has 4 nitrogen and oxygen atoms in total. The van der Waals surface area contributed by atoms with Gasteiger partial charge in [0.15, 0.2) is 0 Å². The summed E-state index contributed by atoms with van der Waals surface area (Å²) in [5, 5.41) is 3.69. The summed E-state index contributed by atoms with van der Waals surface area (Å²) in [7, 11) is 3.93. The number of methoxy groups -OCH3 is 1. The fraction of sp³-hybridized carbons (Fsp3) is 0.824. The van der Waals surface area contributed by atoms with Crippen LogP contribution in [0.15, 0.2) is 12.4 Å². The Balaban J connectivity index is 2.27. The number of nitrogens with zero attached hydrogens (tertiary/aromatic N) is 2. The molecule has 1 aromatic heterocycles. The van der Waals surface area contributed by atoms with Gasteiger partial charge in [-0.1, -0.05) is 20.8 Å². The summed E-state index contributed by atoms with van der Waals surface area (Å²) in [6.07, 6.45) is 9.60. The highest BCUT2D eigenvalue weighted by Crippen LogP contribution is 2.47. The van der Waals surface area contributed by atoms with E-state index in [1.54, 1.807) is 0 Å². The lowest BCUT2D eigenvalue weighted by Gasteiger charge is -2.47. The molecule has 1 aliphatic rings. The van der Waals surface area contributed by atoms with Crippen molar-refractivity contribution in [3.8, 4) is 0 Å². The Morgan fingerprint density at radius 3 is 2.48 bits per heavy atom. The first kappa shape index (κ1) is 16.5. The van der Waals surface area contributed by atoms with E-state index in [9.17, 15) is 0 Å². The van der Waals surface area contributed by atoms with E-state index in [4.69, 9.17) is 4.74 Å². The predicted octanol–water partition coefficient (Wildman–Crippen LogP) is 3.45. The maximum absolute atomic E-state index is 6.09. The van der Waals surface area contributed by atoms with Gasteiger partial charge in [0.25, 0.3) is 0 Å². The van der Waals surface area contributed by atoms with Crippen LogP contribution in [0.2, 0.25) is 0 Å². The van der Waals surface area contributed by atoms with Gasteiger partial charge in [0.1, 0.15) is 5.82 Å². The molecule has 1 fully saturated rings. The summed E-state index contributed by atoms with van der Waals surface area (Å²) in [5.74, 6) is 1.09. The summed E-state index contributed by atoms with van der Waals surface area (Å²) in [6, 6.07) is 0.165. The molecule has 21 heavy (non-hydrogen) atoms. The zero-order chi connectivity index (χ0) is 15.5. The lowest BCUT2D eigenvalue weighted by Crippen LogP contribution is -2.50. The topological polar surface area (TPSA) is 39.1 Å². The van der Waals surface area contributed by atoms with Crippen molar-refractivity contribution < 1.29 is 4.74 Å². The van der Waals surface area contributed by atoms with Gasteiger partial charge in [-0.25, -0.2) is 4.98 Å². The number of ether oxygens (including phenoxy) is 1. The van der Waals surface area contributed by atoms with Gasteiger partial charge < -0.3 is 14.6 Å². The molecule has 0 amide bonds. The first-order chi connectivity index (χ1) is 9.94. The third kappa shape index (κ3) is 3.49. The third-order valence-electron chi connectivity index (χ3n) is 5.10. The van der Waals surface area contributed by atoms with Gasteiger partial charge in [0.2, 0.25) is 0 Å². The first-order valence-electron chi connectivity index (χ1n) is 8.20. The molecular weight excluding hydrogens is 262 g/mol. The maximum atomic E-state index is 6.09. The van der Waals surface area contributed by atoms with E-state index in [0.29, 0.717) is 5.41 Å². The molecule has 1 N–H and O–H groups in total. The average molecular weight is 293 g/mol. The Labute approximate surface area is 129 Å². The largest absolute Gasteiger partial charge is 0.376 e. The summed E-state index contributed by atoms with van der Waals surface area (Å²) in [5.41, 5.74) is 0.294. The van der Waals surface area contributed by atoms with Gasteiger partial charge in [-0.05, 0) is 44.1 Å². The quantitative estimate of drug-likeness (QED) is 0.873. The summed E-state index contributed by atoms with van der Waals surface area (Å²) in [4.78, 5) is 4.59. The van der Waals surface area contributed by atoms with Crippen LogP contribution in [-0.4, -0.2) is 28.8 Å². The molecular formula is C17H31N3O. The molecule has 0 radical (unpaired) electrons. The molecule has 1 atom stereocenters. The number of aromatic nitrogens is 2. The highest BCUT2D eigenvalue weighted by atomic mass is 16.5. The van der Waals surface area contributed by atoms with Crippen LogP contribution in [-0.2, 0) is 11.8 Å². The lowest BCUT2D eigenvalue weighted by atomic mass is 9.68. The monoisotopic (exact) mass is 293 g/mol. The Kier molecular flexibility index (Phi) is 5.10. The van der Waals surface area contributed by atoms with Gasteiger partial charge >= 0.3 is 0 Å². The zero-order valence-corrected chi connectivity index (χ0v) is 14.3. The van der Waals surface area contributed by atoms with Crippen molar-refractivity contribution in [3.63, 3.8) is 0 Å². The van der Waals surface area contributed by atoms with Crippen LogP contribution in [0.1, 0.15) is 64.7 Å². The van der Waals surface area contributed by atoms with E-state index in [1.807, 2.05) is 19.5 Å². The van der Waals surface area contributed by atoms with E-state index in [2.05, 4.69) is 42.7 Å². The highest BCUT2D eigenvalue weighted by molar-refractivity contribution is 5.10. The van der Waals surface area contributed by atoms with Crippen LogP contribution in [0.25, 0.3) is 0 Å². The van der Waals surface area contributed by atoms with Crippen molar-refractivity contribution in [1.29, 1.82) is 0 Å². The fourth-order valence-corrected chi connectivity index (χ4v) is 3.42. The van der Waals surface area contributed by atoms with Gasteiger partial charge in [-0.3, -0.25) is 0 Å². The van der Waals surface area contributed by atoms with Gasteiger partial charge in [0.05, 0.1) is 11.6 Å². The van der Waals surface area contributed by atoms with Crippen LogP contribution >= 0.6 is 0 Å². The second-order valence-corrected chi connectivity index (χ2v) is 7.22. The molecule has 1 aromatic rings. The Bertz CT molecular complexity index is 443. The second kappa shape index (κ2) is 6.49. The zero-order valence-electron chi connectivity index (χ0n) is 14.3. The predicted molar refractivity (Wildman–Crippen MR) is 86.2 cm³/mol. The minimum absolute atomic E-state index is 0.135. The van der Waals surface area contributed by atoms with Gasteiger partial charge in [-0.2, -0.15) is 0 Å². The van der Waals surface area contributed by atoms with Crippen molar-refractivity contribution >= 4 is 0 Å². The smallest absolute Gasteiger partial charge is 0.128 e. The highest BCUT2D eigenvalue weighted by Gasteiger charge is 2.46. The fourth-order valence-electron chi connectivity index (χ4n) is 3.42. The first-order valence-corrected chi connectivity index (χ1v) is 8.20. The molecule has 0 spiro atoms. The van der Waals surface area contributed by atoms with E-state index < -0.39 is 0 Å². The maximum Gasteiger partial charge on any atom is 0.128 e. The van der Waals surface area contributed by atoms with Crippen molar-refractivity contribution in [3.05, 3.63) is 18.2 Å². The summed E-state index contributed by atoms with van der Waals surface area (Å²) < 4.78 is 8.21. The van der Waals surface area contributed by atoms with Crippen molar-refractivity contribution in [1.82, 2.24) is 14.9 Å². The normalized spacial score (nSPS) is 22.1. The van der Waals surface area contributed by atoms with Crippen LogP contribution in [0.3, 0.4) is 0 Å². The molecule has 1 aliphatic carbocycles. The number of hydrogen-bond donors (Lipinski definition) is 1. The molecule has 1 heterocycles. The van der Waals surface area contributed by atoms with Crippen molar-refractivity contribution in [2.24, 2.45) is 12.5 Å². The number of imidazole rings is 1. The Hall–Kier alpha value is -0.870. The van der Waals surface area contributed by atoms with E-state index >= 15 is 0 Å². The molecule has 1 unspecified atom stereocenters. The van der Waals surface area contributed by atoms with Crippen LogP contribution in [0, 0.1) is 5.41 Å². The molecule has 120 valence electrons. The third-order valence-corrected chi connectivity index (χ3v) is 5.10. The van der Waals surface area contributed by atoms with Crippen LogP contribution < -0.4 is 5.32 Å². The molecule has 0 saturated heterocycles. The minimum atomic E-state index is -0.135. The van der Waals surface area contributed by atoms with Gasteiger partial charge in [-0.15, -0.1) is 0 Å². The van der Waals surface area contributed by atoms with Crippen LogP contribution in [0.4, 0.5) is 0 Å². The summed E-state index contributed by atoms with van der Waals surface area (Å²) in [6.45, 7) is 7.92. The number of rotatable bonds is 6. The standard InChI is InChI=1S/C17H31N3O/c1-6-11-18-14(15-19-12-13-20(15)4)17(21-5)9-7-16(2,3)8-10-17/h12-14,18H,6-11H2,1-5H3. The summed E-state index contributed by atoms with van der Waals surface area (Å²) >= 11 is 0. The average Bonchev–Trinajstić information content (AvgIpc) is 2.87. The minimum Gasteiger partial charge on any atom is -0.376 e. The Morgan fingerprint density at radius 2 is 2.00 bits per heavy atom. The van der Waals surface area contributed by atoms with Crippen molar-refractivity contribution in [2.75, 3.05) is 13.7 Å². The molecule has 2 rings (SSSR count). The van der Waals surface area contributed by atoms with E-state index in [-0.39, 0.29) is 11.6 Å². The number of hydrogen-bond acceptors (Lipinski definition) is 3. The number of aryl methyl sites for hydroxylation is 1. The lowest BCUT2D eigenvalue weighted by molar-refractivity contribution is -0.0898. The molecule has 0 aliphatic heterocycles.